The first-order valence-electron chi connectivity index (χ1n) is 8.84. The summed E-state index contributed by atoms with van der Waals surface area (Å²) in [5.74, 6) is -0.295. The lowest BCUT2D eigenvalue weighted by Crippen LogP contribution is -2.15. The van der Waals surface area contributed by atoms with Gasteiger partial charge in [0.1, 0.15) is 5.82 Å². The maximum atomic E-state index is 13.2. The predicted molar refractivity (Wildman–Crippen MR) is 103 cm³/mol. The number of benzene rings is 2. The van der Waals surface area contributed by atoms with Gasteiger partial charge in [-0.05, 0) is 67.8 Å². The number of carbonyl (C=O) groups is 1. The van der Waals surface area contributed by atoms with Crippen LogP contribution in [0.5, 0.6) is 5.75 Å². The smallest absolute Gasteiger partial charge is 0.280 e. The van der Waals surface area contributed by atoms with Gasteiger partial charge in [-0.2, -0.15) is 5.10 Å². The zero-order valence-corrected chi connectivity index (χ0v) is 15.6. The number of aromatic nitrogens is 2. The van der Waals surface area contributed by atoms with E-state index in [2.05, 4.69) is 10.4 Å². The molecule has 3 rings (SSSR count). The number of aryl methyl sites for hydroxylation is 2. The summed E-state index contributed by atoms with van der Waals surface area (Å²) in [5, 5.41) is 7.24. The van der Waals surface area contributed by atoms with Crippen molar-refractivity contribution in [2.45, 2.75) is 27.2 Å². The fraction of sp³-hybridized carbons (Fsp3) is 0.238. The van der Waals surface area contributed by atoms with Crippen LogP contribution in [-0.4, -0.2) is 22.3 Å². The lowest BCUT2D eigenvalue weighted by molar-refractivity contribution is 0.101. The molecule has 1 amide bonds. The Kier molecular flexibility index (Phi) is 5.54. The molecule has 140 valence electrons. The Morgan fingerprint density at radius 3 is 2.44 bits per heavy atom. The van der Waals surface area contributed by atoms with Gasteiger partial charge in [-0.3, -0.25) is 4.79 Å². The minimum absolute atomic E-state index is 0.187. The van der Waals surface area contributed by atoms with Crippen LogP contribution in [-0.2, 0) is 0 Å². The number of rotatable bonds is 6. The highest BCUT2D eigenvalue weighted by Crippen LogP contribution is 2.22. The molecule has 2 aromatic carbocycles. The van der Waals surface area contributed by atoms with Crippen molar-refractivity contribution in [1.29, 1.82) is 0 Å². The van der Waals surface area contributed by atoms with Gasteiger partial charge in [0, 0.05) is 5.69 Å². The predicted octanol–water partition coefficient (Wildman–Crippen LogP) is 4.67. The molecular weight excluding hydrogens is 345 g/mol. The van der Waals surface area contributed by atoms with E-state index in [1.165, 1.54) is 16.8 Å². The summed E-state index contributed by atoms with van der Waals surface area (Å²) in [4.78, 5) is 12.8. The van der Waals surface area contributed by atoms with Gasteiger partial charge in [-0.15, -0.1) is 0 Å². The standard InChI is InChI=1S/C21H22FN3O2/c1-4-9-27-19-13-25(18-7-5-16(22)6-8-18)24-20(19)21(26)23-17-11-14(2)10-15(3)12-17/h5-8,10-13H,4,9H2,1-3H3,(H,23,26). The molecule has 0 unspecified atom stereocenters. The van der Waals surface area contributed by atoms with Gasteiger partial charge < -0.3 is 10.1 Å². The van der Waals surface area contributed by atoms with Crippen LogP contribution < -0.4 is 10.1 Å². The van der Waals surface area contributed by atoms with Crippen molar-refractivity contribution in [3.05, 3.63) is 71.3 Å². The molecule has 0 aliphatic heterocycles. The molecule has 0 fully saturated rings. The Balaban J connectivity index is 1.91. The molecule has 0 radical (unpaired) electrons. The molecule has 27 heavy (non-hydrogen) atoms. The third-order valence-electron chi connectivity index (χ3n) is 3.93. The van der Waals surface area contributed by atoms with E-state index in [9.17, 15) is 9.18 Å². The monoisotopic (exact) mass is 367 g/mol. The third-order valence-corrected chi connectivity index (χ3v) is 3.93. The molecular formula is C21H22FN3O2. The zero-order valence-electron chi connectivity index (χ0n) is 15.6. The number of nitrogens with zero attached hydrogens (tertiary/aromatic N) is 2. The van der Waals surface area contributed by atoms with Gasteiger partial charge in [-0.25, -0.2) is 9.07 Å². The van der Waals surface area contributed by atoms with Gasteiger partial charge in [0.25, 0.3) is 5.91 Å². The van der Waals surface area contributed by atoms with Crippen LogP contribution in [0.2, 0.25) is 0 Å². The van der Waals surface area contributed by atoms with Gasteiger partial charge in [0.15, 0.2) is 11.4 Å². The summed E-state index contributed by atoms with van der Waals surface area (Å²) < 4.78 is 20.4. The second-order valence-electron chi connectivity index (χ2n) is 6.44. The SMILES string of the molecule is CCCOc1cn(-c2ccc(F)cc2)nc1C(=O)Nc1cc(C)cc(C)c1. The van der Waals surface area contributed by atoms with Crippen molar-refractivity contribution >= 4 is 11.6 Å². The second kappa shape index (κ2) is 8.03. The molecule has 0 aliphatic rings. The van der Waals surface area contributed by atoms with Crippen LogP contribution in [0.25, 0.3) is 5.69 Å². The van der Waals surface area contributed by atoms with Crippen LogP contribution in [0.3, 0.4) is 0 Å². The molecule has 0 aliphatic carbocycles. The maximum Gasteiger partial charge on any atom is 0.280 e. The van der Waals surface area contributed by atoms with Crippen molar-refractivity contribution in [2.24, 2.45) is 0 Å². The van der Waals surface area contributed by atoms with E-state index in [1.54, 1.807) is 18.3 Å². The first-order valence-corrected chi connectivity index (χ1v) is 8.84. The Bertz CT molecular complexity index is 928. The van der Waals surface area contributed by atoms with E-state index in [4.69, 9.17) is 4.74 Å². The third kappa shape index (κ3) is 4.53. The molecule has 5 nitrogen and oxygen atoms in total. The number of anilines is 1. The summed E-state index contributed by atoms with van der Waals surface area (Å²) in [7, 11) is 0. The summed E-state index contributed by atoms with van der Waals surface area (Å²) in [6.45, 7) is 6.40. The topological polar surface area (TPSA) is 56.2 Å². The van der Waals surface area contributed by atoms with Gasteiger partial charge in [0.2, 0.25) is 0 Å². The van der Waals surface area contributed by atoms with Crippen LogP contribution in [0, 0.1) is 19.7 Å². The van der Waals surface area contributed by atoms with Crippen molar-refractivity contribution < 1.29 is 13.9 Å². The fourth-order valence-electron chi connectivity index (χ4n) is 2.80. The highest BCUT2D eigenvalue weighted by atomic mass is 19.1. The van der Waals surface area contributed by atoms with E-state index >= 15 is 0 Å². The summed E-state index contributed by atoms with van der Waals surface area (Å²) >= 11 is 0. The molecule has 0 atom stereocenters. The molecule has 1 heterocycles. The highest BCUT2D eigenvalue weighted by molar-refractivity contribution is 6.04. The zero-order chi connectivity index (χ0) is 19.4. The molecule has 6 heteroatoms. The molecule has 1 N–H and O–H groups in total. The first-order chi connectivity index (χ1) is 13.0. The van der Waals surface area contributed by atoms with Gasteiger partial charge in [-0.1, -0.05) is 13.0 Å². The summed E-state index contributed by atoms with van der Waals surface area (Å²) in [5.41, 5.74) is 3.65. The first kappa shape index (κ1) is 18.6. The number of hydrogen-bond donors (Lipinski definition) is 1. The molecule has 0 saturated carbocycles. The summed E-state index contributed by atoms with van der Waals surface area (Å²) in [6.07, 6.45) is 2.44. The maximum absolute atomic E-state index is 13.2. The number of hydrogen-bond acceptors (Lipinski definition) is 3. The van der Waals surface area contributed by atoms with Crippen molar-refractivity contribution in [3.8, 4) is 11.4 Å². The van der Waals surface area contributed by atoms with Crippen molar-refractivity contribution in [2.75, 3.05) is 11.9 Å². The molecule has 0 saturated heterocycles. The quantitative estimate of drug-likeness (QED) is 0.689. The van der Waals surface area contributed by atoms with E-state index < -0.39 is 0 Å². The average Bonchev–Trinajstić information content (AvgIpc) is 3.04. The van der Waals surface area contributed by atoms with Crippen LogP contribution in [0.1, 0.15) is 35.0 Å². The Labute approximate surface area is 157 Å². The molecule has 0 spiro atoms. The molecule has 1 aromatic heterocycles. The number of halogens is 1. The number of amides is 1. The normalized spacial score (nSPS) is 10.7. The highest BCUT2D eigenvalue weighted by Gasteiger charge is 2.19. The van der Waals surface area contributed by atoms with E-state index in [1.807, 2.05) is 39.0 Å². The minimum atomic E-state index is -0.355. The Hall–Kier alpha value is -3.15. The molecule has 3 aromatic rings. The van der Waals surface area contributed by atoms with Gasteiger partial charge >= 0.3 is 0 Å². The van der Waals surface area contributed by atoms with Crippen molar-refractivity contribution in [1.82, 2.24) is 9.78 Å². The van der Waals surface area contributed by atoms with E-state index in [-0.39, 0.29) is 17.4 Å². The van der Waals surface area contributed by atoms with Crippen LogP contribution >= 0.6 is 0 Å². The lowest BCUT2D eigenvalue weighted by atomic mass is 10.1. The van der Waals surface area contributed by atoms with Gasteiger partial charge in [0.05, 0.1) is 18.5 Å². The number of carbonyl (C=O) groups excluding carboxylic acids is 1. The Morgan fingerprint density at radius 2 is 1.81 bits per heavy atom. The lowest BCUT2D eigenvalue weighted by Gasteiger charge is -2.08. The number of nitrogens with one attached hydrogen (secondary N) is 1. The van der Waals surface area contributed by atoms with Crippen LogP contribution in [0.4, 0.5) is 10.1 Å². The van der Waals surface area contributed by atoms with Crippen LogP contribution in [0.15, 0.2) is 48.7 Å². The van der Waals surface area contributed by atoms with E-state index in [0.29, 0.717) is 23.7 Å². The average molecular weight is 367 g/mol. The van der Waals surface area contributed by atoms with Crippen molar-refractivity contribution in [3.63, 3.8) is 0 Å². The Morgan fingerprint density at radius 1 is 1.15 bits per heavy atom. The molecule has 0 bridgehead atoms. The fourth-order valence-corrected chi connectivity index (χ4v) is 2.80. The number of ether oxygens (including phenoxy) is 1. The van der Waals surface area contributed by atoms with E-state index in [0.717, 1.165) is 17.5 Å². The minimum Gasteiger partial charge on any atom is -0.489 e. The largest absolute Gasteiger partial charge is 0.489 e. The summed E-state index contributed by atoms with van der Waals surface area (Å²) in [6, 6.07) is 11.7. The second-order valence-corrected chi connectivity index (χ2v) is 6.44.